The summed E-state index contributed by atoms with van der Waals surface area (Å²) in [6, 6.07) is -1.09. The van der Waals surface area contributed by atoms with Gasteiger partial charge in [0.15, 0.2) is 0 Å². The monoisotopic (exact) mass is 316 g/mol. The number of carbonyl (C=O) groups is 2. The number of hydrogen-bond acceptors (Lipinski definition) is 5. The molecule has 0 bridgehead atoms. The largest absolute Gasteiger partial charge is 0.444 e. The fourth-order valence-electron chi connectivity index (χ4n) is 2.02. The number of nitrogens with one attached hydrogen (secondary N) is 2. The first kappa shape index (κ1) is 20.7. The maximum Gasteiger partial charge on any atom is 0.407 e. The van der Waals surface area contributed by atoms with Crippen LogP contribution in [0.5, 0.6) is 0 Å². The number of nitrogens with two attached hydrogens (primary N) is 1. The van der Waals surface area contributed by atoms with Crippen LogP contribution in [-0.2, 0) is 9.53 Å². The lowest BCUT2D eigenvalue weighted by Crippen LogP contribution is -2.56. The summed E-state index contributed by atoms with van der Waals surface area (Å²) in [7, 11) is 0. The van der Waals surface area contributed by atoms with E-state index in [2.05, 4.69) is 29.4 Å². The Balaban J connectivity index is 4.43. The van der Waals surface area contributed by atoms with Crippen LogP contribution in [0.3, 0.4) is 0 Å². The topological polar surface area (TPSA) is 96.7 Å². The molecule has 0 heterocycles. The van der Waals surface area contributed by atoms with Crippen LogP contribution < -0.4 is 16.4 Å². The second kappa shape index (κ2) is 9.63. The molecule has 0 rings (SSSR count). The number of primary amides is 1. The summed E-state index contributed by atoms with van der Waals surface area (Å²) in [6.45, 7) is 14.6. The van der Waals surface area contributed by atoms with Crippen molar-refractivity contribution in [3.8, 4) is 0 Å². The maximum absolute atomic E-state index is 11.7. The van der Waals surface area contributed by atoms with Crippen molar-refractivity contribution in [1.82, 2.24) is 15.5 Å². The zero-order valence-electron chi connectivity index (χ0n) is 14.7. The van der Waals surface area contributed by atoms with Gasteiger partial charge in [-0.25, -0.2) is 4.79 Å². The molecular formula is C15H32N4O3. The lowest BCUT2D eigenvalue weighted by atomic mass is 10.1. The molecule has 0 aliphatic rings. The minimum absolute atomic E-state index is 0.455. The molecule has 0 aromatic heterocycles. The summed E-state index contributed by atoms with van der Waals surface area (Å²) in [5.74, 6) is -0.497. The predicted molar refractivity (Wildman–Crippen MR) is 87.6 cm³/mol. The molecule has 0 aromatic carbocycles. The molecule has 22 heavy (non-hydrogen) atoms. The fourth-order valence-corrected chi connectivity index (χ4v) is 2.02. The van der Waals surface area contributed by atoms with Crippen molar-refractivity contribution in [3.63, 3.8) is 0 Å². The van der Waals surface area contributed by atoms with E-state index in [1.807, 2.05) is 0 Å². The molecule has 0 aliphatic carbocycles. The van der Waals surface area contributed by atoms with Gasteiger partial charge in [0.05, 0.1) is 6.04 Å². The first-order chi connectivity index (χ1) is 10.1. The predicted octanol–water partition coefficient (Wildman–Crippen LogP) is 0.685. The van der Waals surface area contributed by atoms with Crippen molar-refractivity contribution in [2.24, 2.45) is 5.73 Å². The van der Waals surface area contributed by atoms with Gasteiger partial charge in [-0.15, -0.1) is 0 Å². The van der Waals surface area contributed by atoms with E-state index in [4.69, 9.17) is 10.5 Å². The SMILES string of the molecule is CCN(CC)CCNC(C(N)=O)C(C)NC(=O)OC(C)(C)C. The Hall–Kier alpha value is -1.34. The zero-order valence-corrected chi connectivity index (χ0v) is 14.7. The molecule has 4 N–H and O–H groups in total. The highest BCUT2D eigenvalue weighted by Crippen LogP contribution is 2.07. The van der Waals surface area contributed by atoms with E-state index >= 15 is 0 Å². The molecule has 2 unspecified atom stereocenters. The molecule has 0 saturated heterocycles. The van der Waals surface area contributed by atoms with Gasteiger partial charge in [0.25, 0.3) is 0 Å². The highest BCUT2D eigenvalue weighted by atomic mass is 16.6. The second-order valence-electron chi connectivity index (χ2n) is 6.30. The second-order valence-corrected chi connectivity index (χ2v) is 6.30. The van der Waals surface area contributed by atoms with Gasteiger partial charge in [0.2, 0.25) is 5.91 Å². The molecule has 7 nitrogen and oxygen atoms in total. The normalized spacial score (nSPS) is 14.5. The summed E-state index contributed by atoms with van der Waals surface area (Å²) >= 11 is 0. The van der Waals surface area contributed by atoms with Gasteiger partial charge < -0.3 is 26.0 Å². The van der Waals surface area contributed by atoms with Gasteiger partial charge in [-0.2, -0.15) is 0 Å². The molecule has 0 radical (unpaired) electrons. The number of likely N-dealkylation sites (N-methyl/N-ethyl adjacent to an activating group) is 1. The third-order valence-corrected chi connectivity index (χ3v) is 3.24. The number of rotatable bonds is 9. The first-order valence-corrected chi connectivity index (χ1v) is 7.85. The molecule has 2 atom stereocenters. The van der Waals surface area contributed by atoms with Crippen molar-refractivity contribution in [2.45, 2.75) is 59.2 Å². The average Bonchev–Trinajstić information content (AvgIpc) is 2.35. The van der Waals surface area contributed by atoms with E-state index in [9.17, 15) is 9.59 Å². The van der Waals surface area contributed by atoms with Gasteiger partial charge in [-0.1, -0.05) is 13.8 Å². The average molecular weight is 316 g/mol. The van der Waals surface area contributed by atoms with Gasteiger partial charge in [-0.3, -0.25) is 4.79 Å². The van der Waals surface area contributed by atoms with Crippen LogP contribution in [0.15, 0.2) is 0 Å². The Bertz CT molecular complexity index is 351. The summed E-state index contributed by atoms with van der Waals surface area (Å²) in [5.41, 5.74) is 4.83. The van der Waals surface area contributed by atoms with Crippen LogP contribution in [0.2, 0.25) is 0 Å². The number of nitrogens with zero attached hydrogens (tertiary/aromatic N) is 1. The van der Waals surface area contributed by atoms with E-state index in [1.165, 1.54) is 0 Å². The molecule has 0 spiro atoms. The van der Waals surface area contributed by atoms with E-state index in [-0.39, 0.29) is 0 Å². The summed E-state index contributed by atoms with van der Waals surface area (Å²) < 4.78 is 5.18. The maximum atomic E-state index is 11.7. The van der Waals surface area contributed by atoms with Crippen LogP contribution in [0.4, 0.5) is 4.79 Å². The Morgan fingerprint density at radius 3 is 2.18 bits per heavy atom. The van der Waals surface area contributed by atoms with Crippen LogP contribution >= 0.6 is 0 Å². The van der Waals surface area contributed by atoms with Crippen molar-refractivity contribution >= 4 is 12.0 Å². The number of amides is 2. The van der Waals surface area contributed by atoms with Gasteiger partial charge in [0.1, 0.15) is 11.6 Å². The van der Waals surface area contributed by atoms with Crippen molar-refractivity contribution < 1.29 is 14.3 Å². The lowest BCUT2D eigenvalue weighted by Gasteiger charge is -2.27. The third-order valence-electron chi connectivity index (χ3n) is 3.24. The number of ether oxygens (including phenoxy) is 1. The minimum Gasteiger partial charge on any atom is -0.444 e. The van der Waals surface area contributed by atoms with E-state index < -0.39 is 29.7 Å². The van der Waals surface area contributed by atoms with Gasteiger partial charge >= 0.3 is 6.09 Å². The molecule has 0 fully saturated rings. The lowest BCUT2D eigenvalue weighted by molar-refractivity contribution is -0.120. The minimum atomic E-state index is -0.636. The van der Waals surface area contributed by atoms with Gasteiger partial charge in [0, 0.05) is 13.1 Å². The quantitative estimate of drug-likeness (QED) is 0.581. The Morgan fingerprint density at radius 2 is 1.77 bits per heavy atom. The molecule has 0 saturated carbocycles. The van der Waals surface area contributed by atoms with E-state index in [1.54, 1.807) is 27.7 Å². The fraction of sp³-hybridized carbons (Fsp3) is 0.867. The smallest absolute Gasteiger partial charge is 0.407 e. The molecule has 2 amide bonds. The summed E-state index contributed by atoms with van der Waals surface area (Å²) in [6.07, 6.45) is -0.559. The number of carbonyl (C=O) groups excluding carboxylic acids is 2. The molecular weight excluding hydrogens is 284 g/mol. The molecule has 0 aliphatic heterocycles. The van der Waals surface area contributed by atoms with Crippen LogP contribution in [0.25, 0.3) is 0 Å². The van der Waals surface area contributed by atoms with Crippen LogP contribution in [0, 0.1) is 0 Å². The van der Waals surface area contributed by atoms with Crippen molar-refractivity contribution in [1.29, 1.82) is 0 Å². The highest BCUT2D eigenvalue weighted by Gasteiger charge is 2.26. The van der Waals surface area contributed by atoms with Crippen molar-refractivity contribution in [3.05, 3.63) is 0 Å². The Morgan fingerprint density at radius 1 is 1.23 bits per heavy atom. The summed E-state index contributed by atoms with van der Waals surface area (Å²) in [4.78, 5) is 25.6. The molecule has 130 valence electrons. The van der Waals surface area contributed by atoms with Crippen molar-refractivity contribution in [2.75, 3.05) is 26.2 Å². The van der Waals surface area contributed by atoms with Crippen LogP contribution in [0.1, 0.15) is 41.5 Å². The third kappa shape index (κ3) is 8.84. The zero-order chi connectivity index (χ0) is 17.3. The highest BCUT2D eigenvalue weighted by molar-refractivity contribution is 5.81. The number of hydrogen-bond donors (Lipinski definition) is 3. The van der Waals surface area contributed by atoms with E-state index in [0.717, 1.165) is 19.6 Å². The number of alkyl carbamates (subject to hydrolysis) is 1. The van der Waals surface area contributed by atoms with Gasteiger partial charge in [-0.05, 0) is 40.8 Å². The molecule has 0 aromatic rings. The van der Waals surface area contributed by atoms with Crippen LogP contribution in [-0.4, -0.2) is 60.8 Å². The standard InChI is InChI=1S/C15H32N4O3/c1-7-19(8-2)10-9-17-12(13(16)20)11(3)18-14(21)22-15(4,5)6/h11-12,17H,7-10H2,1-6H3,(H2,16,20)(H,18,21). The Labute approximate surface area is 133 Å². The first-order valence-electron chi connectivity index (χ1n) is 7.85. The van der Waals surface area contributed by atoms with E-state index in [0.29, 0.717) is 6.54 Å². The Kier molecular flexibility index (Phi) is 9.04. The summed E-state index contributed by atoms with van der Waals surface area (Å²) in [5, 5.41) is 5.75. The molecule has 7 heteroatoms.